The third-order valence-electron chi connectivity index (χ3n) is 3.71. The maximum atomic E-state index is 12.7. The summed E-state index contributed by atoms with van der Waals surface area (Å²) in [7, 11) is 3.22. The molecule has 1 N–H and O–H groups in total. The summed E-state index contributed by atoms with van der Waals surface area (Å²) in [5, 5.41) is 7.75. The van der Waals surface area contributed by atoms with Crippen LogP contribution in [0.3, 0.4) is 0 Å². The number of amides is 1. The van der Waals surface area contributed by atoms with Gasteiger partial charge in [-0.2, -0.15) is 5.10 Å². The smallest absolute Gasteiger partial charge is 0.259 e. The second-order valence-electron chi connectivity index (χ2n) is 5.33. The summed E-state index contributed by atoms with van der Waals surface area (Å²) in [6, 6.07) is 5.39. The Balaban J connectivity index is 1.85. The Morgan fingerprint density at radius 3 is 2.96 bits per heavy atom. The second-order valence-corrected chi connectivity index (χ2v) is 5.33. The quantitative estimate of drug-likeness (QED) is 0.752. The molecule has 24 heavy (non-hydrogen) atoms. The van der Waals surface area contributed by atoms with Crippen molar-refractivity contribution < 1.29 is 18.7 Å². The number of hydrogen-bond acceptors (Lipinski definition) is 5. The van der Waals surface area contributed by atoms with Gasteiger partial charge in [0, 0.05) is 18.7 Å². The number of fused-ring (bicyclic) bond motifs is 1. The Morgan fingerprint density at radius 2 is 2.21 bits per heavy atom. The average molecular weight is 329 g/mol. The molecule has 0 aliphatic rings. The van der Waals surface area contributed by atoms with Gasteiger partial charge in [-0.25, -0.2) is 0 Å². The molecule has 0 fully saturated rings. The van der Waals surface area contributed by atoms with Crippen LogP contribution in [-0.2, 0) is 11.3 Å². The zero-order valence-electron chi connectivity index (χ0n) is 13.8. The van der Waals surface area contributed by atoms with E-state index in [0.29, 0.717) is 41.5 Å². The lowest BCUT2D eigenvalue weighted by molar-refractivity contribution is 0.102. The summed E-state index contributed by atoms with van der Waals surface area (Å²) in [4.78, 5) is 12.7. The van der Waals surface area contributed by atoms with Crippen molar-refractivity contribution in [1.82, 2.24) is 9.78 Å². The number of benzene rings is 1. The van der Waals surface area contributed by atoms with Crippen LogP contribution >= 0.6 is 0 Å². The number of rotatable bonds is 6. The molecule has 0 aliphatic heterocycles. The number of nitrogens with one attached hydrogen (secondary N) is 1. The van der Waals surface area contributed by atoms with E-state index in [-0.39, 0.29) is 5.91 Å². The highest BCUT2D eigenvalue weighted by atomic mass is 16.5. The van der Waals surface area contributed by atoms with Gasteiger partial charge in [0.1, 0.15) is 17.1 Å². The SMILES string of the molecule is COCCn1cc(NC(=O)c2c(C)oc3ccc(OC)cc23)cn1. The second kappa shape index (κ2) is 6.76. The van der Waals surface area contributed by atoms with Crippen molar-refractivity contribution in [2.24, 2.45) is 0 Å². The van der Waals surface area contributed by atoms with Crippen LogP contribution in [0.4, 0.5) is 5.69 Å². The van der Waals surface area contributed by atoms with Crippen LogP contribution in [0, 0.1) is 6.92 Å². The first kappa shape index (κ1) is 16.1. The lowest BCUT2D eigenvalue weighted by Crippen LogP contribution is -2.12. The van der Waals surface area contributed by atoms with Crippen LogP contribution in [0.25, 0.3) is 11.0 Å². The van der Waals surface area contributed by atoms with Crippen molar-refractivity contribution in [2.75, 3.05) is 26.1 Å². The maximum Gasteiger partial charge on any atom is 0.259 e. The van der Waals surface area contributed by atoms with Crippen molar-refractivity contribution in [1.29, 1.82) is 0 Å². The molecule has 0 atom stereocenters. The first-order valence-corrected chi connectivity index (χ1v) is 7.52. The molecule has 0 bridgehead atoms. The summed E-state index contributed by atoms with van der Waals surface area (Å²) in [5.41, 5.74) is 1.76. The van der Waals surface area contributed by atoms with Gasteiger partial charge in [-0.3, -0.25) is 9.48 Å². The Hall–Kier alpha value is -2.80. The molecule has 7 nitrogen and oxygen atoms in total. The molecule has 0 saturated heterocycles. The number of carbonyl (C=O) groups excluding carboxylic acids is 1. The van der Waals surface area contributed by atoms with Crippen LogP contribution in [0.15, 0.2) is 35.0 Å². The van der Waals surface area contributed by atoms with E-state index in [9.17, 15) is 4.79 Å². The summed E-state index contributed by atoms with van der Waals surface area (Å²) in [6.07, 6.45) is 3.36. The van der Waals surface area contributed by atoms with Gasteiger partial charge in [0.15, 0.2) is 0 Å². The van der Waals surface area contributed by atoms with E-state index in [4.69, 9.17) is 13.9 Å². The fraction of sp³-hybridized carbons (Fsp3) is 0.294. The molecule has 2 heterocycles. The maximum absolute atomic E-state index is 12.7. The molecule has 3 aromatic rings. The minimum Gasteiger partial charge on any atom is -0.497 e. The summed E-state index contributed by atoms with van der Waals surface area (Å²) in [6.45, 7) is 2.95. The van der Waals surface area contributed by atoms with E-state index in [1.807, 2.05) is 0 Å². The van der Waals surface area contributed by atoms with Gasteiger partial charge in [-0.15, -0.1) is 0 Å². The number of furan rings is 1. The first-order chi connectivity index (χ1) is 11.6. The lowest BCUT2D eigenvalue weighted by atomic mass is 10.1. The van der Waals surface area contributed by atoms with Gasteiger partial charge >= 0.3 is 0 Å². The molecular weight excluding hydrogens is 310 g/mol. The van der Waals surface area contributed by atoms with E-state index in [1.54, 1.807) is 56.4 Å². The number of methoxy groups -OCH3 is 2. The highest BCUT2D eigenvalue weighted by molar-refractivity contribution is 6.13. The molecule has 0 aliphatic carbocycles. The number of ether oxygens (including phenoxy) is 2. The largest absolute Gasteiger partial charge is 0.497 e. The monoisotopic (exact) mass is 329 g/mol. The van der Waals surface area contributed by atoms with Crippen LogP contribution in [0.2, 0.25) is 0 Å². The molecule has 0 spiro atoms. The number of carbonyl (C=O) groups is 1. The fourth-order valence-corrected chi connectivity index (χ4v) is 2.54. The molecule has 126 valence electrons. The predicted molar refractivity (Wildman–Crippen MR) is 89.6 cm³/mol. The fourth-order valence-electron chi connectivity index (χ4n) is 2.54. The Morgan fingerprint density at radius 1 is 1.38 bits per heavy atom. The highest BCUT2D eigenvalue weighted by Crippen LogP contribution is 2.29. The zero-order chi connectivity index (χ0) is 17.1. The van der Waals surface area contributed by atoms with E-state index < -0.39 is 0 Å². The van der Waals surface area contributed by atoms with Crippen LogP contribution < -0.4 is 10.1 Å². The molecule has 3 rings (SSSR count). The van der Waals surface area contributed by atoms with Gasteiger partial charge in [-0.1, -0.05) is 0 Å². The van der Waals surface area contributed by atoms with Gasteiger partial charge < -0.3 is 19.2 Å². The van der Waals surface area contributed by atoms with Crippen molar-refractivity contribution in [2.45, 2.75) is 13.5 Å². The van der Waals surface area contributed by atoms with Crippen LogP contribution in [0.5, 0.6) is 5.75 Å². The Kier molecular flexibility index (Phi) is 4.52. The first-order valence-electron chi connectivity index (χ1n) is 7.52. The normalized spacial score (nSPS) is 11.0. The third-order valence-corrected chi connectivity index (χ3v) is 3.71. The third kappa shape index (κ3) is 3.11. The van der Waals surface area contributed by atoms with E-state index in [0.717, 1.165) is 5.39 Å². The number of nitrogens with zero attached hydrogens (tertiary/aromatic N) is 2. The molecule has 0 saturated carbocycles. The highest BCUT2D eigenvalue weighted by Gasteiger charge is 2.19. The van der Waals surface area contributed by atoms with Gasteiger partial charge in [0.25, 0.3) is 5.91 Å². The predicted octanol–water partition coefficient (Wildman–Crippen LogP) is 2.85. The van der Waals surface area contributed by atoms with Crippen LogP contribution in [-0.4, -0.2) is 36.5 Å². The molecule has 0 radical (unpaired) electrons. The summed E-state index contributed by atoms with van der Waals surface area (Å²) >= 11 is 0. The molecular formula is C17H19N3O4. The molecule has 0 unspecified atom stereocenters. The number of aromatic nitrogens is 2. The minimum atomic E-state index is -0.245. The number of anilines is 1. The van der Waals surface area contributed by atoms with Gasteiger partial charge in [0.05, 0.1) is 37.7 Å². The van der Waals surface area contributed by atoms with E-state index in [1.165, 1.54) is 0 Å². The van der Waals surface area contributed by atoms with Crippen molar-refractivity contribution in [3.8, 4) is 5.75 Å². The summed E-state index contributed by atoms with van der Waals surface area (Å²) < 4.78 is 17.6. The molecule has 7 heteroatoms. The van der Waals surface area contributed by atoms with Crippen molar-refractivity contribution >= 4 is 22.6 Å². The zero-order valence-corrected chi connectivity index (χ0v) is 13.8. The molecule has 2 aromatic heterocycles. The van der Waals surface area contributed by atoms with Crippen molar-refractivity contribution in [3.05, 3.63) is 41.9 Å². The number of aryl methyl sites for hydroxylation is 1. The summed E-state index contributed by atoms with van der Waals surface area (Å²) in [5.74, 6) is 0.984. The van der Waals surface area contributed by atoms with Gasteiger partial charge in [-0.05, 0) is 25.1 Å². The van der Waals surface area contributed by atoms with Gasteiger partial charge in [0.2, 0.25) is 0 Å². The van der Waals surface area contributed by atoms with E-state index >= 15 is 0 Å². The molecule has 1 aromatic carbocycles. The number of hydrogen-bond donors (Lipinski definition) is 1. The minimum absolute atomic E-state index is 0.245. The average Bonchev–Trinajstić information content (AvgIpc) is 3.15. The lowest BCUT2D eigenvalue weighted by Gasteiger charge is -2.03. The van der Waals surface area contributed by atoms with Crippen LogP contribution in [0.1, 0.15) is 16.1 Å². The standard InChI is InChI=1S/C17H19N3O4/c1-11-16(14-8-13(23-3)4-5-15(14)24-11)17(21)19-12-9-18-20(10-12)6-7-22-2/h4-5,8-10H,6-7H2,1-3H3,(H,19,21). The Bertz CT molecular complexity index is 866. The topological polar surface area (TPSA) is 78.5 Å². The van der Waals surface area contributed by atoms with Crippen molar-refractivity contribution in [3.63, 3.8) is 0 Å². The molecule has 1 amide bonds. The van der Waals surface area contributed by atoms with E-state index in [2.05, 4.69) is 10.4 Å². The Labute approximate surface area is 139 Å².